The third-order valence-electron chi connectivity index (χ3n) is 3.20. The molecule has 2 N–H and O–H groups in total. The van der Waals surface area contributed by atoms with Gasteiger partial charge in [0.05, 0.1) is 0 Å². The van der Waals surface area contributed by atoms with Gasteiger partial charge in [0, 0.05) is 11.1 Å². The maximum absolute atomic E-state index is 12.8. The summed E-state index contributed by atoms with van der Waals surface area (Å²) in [6, 6.07) is 9.70. The second kappa shape index (κ2) is 6.35. The average Bonchev–Trinajstić information content (AvgIpc) is 2.59. The largest absolute Gasteiger partial charge is 0.486 e. The van der Waals surface area contributed by atoms with Crippen molar-refractivity contribution in [3.8, 4) is 11.5 Å². The number of hydrogen-bond acceptors (Lipinski definition) is 4. The molecule has 0 aliphatic carbocycles. The molecule has 0 fully saturated rings. The van der Waals surface area contributed by atoms with Gasteiger partial charge in [-0.3, -0.25) is 20.4 Å². The standard InChI is InChI=1S/C16H13FN2O4/c17-12-4-1-10(2-5-12)15(20)18-19-16(21)11-3-6-13-14(9-11)23-8-7-22-13/h1-6,9H,7-8H2,(H,18,20)(H,19,21). The van der Waals surface area contributed by atoms with E-state index in [4.69, 9.17) is 9.47 Å². The molecule has 6 nitrogen and oxygen atoms in total. The normalized spacial score (nSPS) is 12.4. The highest BCUT2D eigenvalue weighted by Gasteiger charge is 2.15. The Balaban J connectivity index is 1.63. The number of hydrazine groups is 1. The van der Waals surface area contributed by atoms with Crippen LogP contribution >= 0.6 is 0 Å². The number of rotatable bonds is 2. The molecule has 0 spiro atoms. The molecule has 1 aliphatic rings. The number of amides is 2. The molecule has 0 saturated carbocycles. The van der Waals surface area contributed by atoms with Crippen molar-refractivity contribution in [1.82, 2.24) is 10.9 Å². The Morgan fingerprint density at radius 3 is 2.09 bits per heavy atom. The predicted octanol–water partition coefficient (Wildman–Crippen LogP) is 1.67. The zero-order valence-corrected chi connectivity index (χ0v) is 12.0. The smallest absolute Gasteiger partial charge is 0.269 e. The first kappa shape index (κ1) is 14.8. The number of hydrogen-bond donors (Lipinski definition) is 2. The molecule has 1 aliphatic heterocycles. The van der Waals surface area contributed by atoms with Crippen molar-refractivity contribution >= 4 is 11.8 Å². The minimum Gasteiger partial charge on any atom is -0.486 e. The zero-order valence-electron chi connectivity index (χ0n) is 12.0. The minimum absolute atomic E-state index is 0.230. The van der Waals surface area contributed by atoms with Gasteiger partial charge in [-0.15, -0.1) is 0 Å². The molecular weight excluding hydrogens is 303 g/mol. The van der Waals surface area contributed by atoms with Gasteiger partial charge in [-0.25, -0.2) is 4.39 Å². The van der Waals surface area contributed by atoms with Crippen molar-refractivity contribution in [1.29, 1.82) is 0 Å². The molecule has 23 heavy (non-hydrogen) atoms. The van der Waals surface area contributed by atoms with Crippen molar-refractivity contribution in [2.45, 2.75) is 0 Å². The molecule has 0 bridgehead atoms. The fraction of sp³-hybridized carbons (Fsp3) is 0.125. The van der Waals surface area contributed by atoms with Crippen molar-refractivity contribution in [3.63, 3.8) is 0 Å². The maximum atomic E-state index is 12.8. The molecule has 2 aromatic rings. The lowest BCUT2D eigenvalue weighted by atomic mass is 10.2. The van der Waals surface area contributed by atoms with Crippen molar-refractivity contribution < 1.29 is 23.5 Å². The van der Waals surface area contributed by atoms with Crippen LogP contribution in [0.4, 0.5) is 4.39 Å². The summed E-state index contributed by atoms with van der Waals surface area (Å²) < 4.78 is 23.6. The van der Waals surface area contributed by atoms with Crippen LogP contribution in [0, 0.1) is 5.82 Å². The van der Waals surface area contributed by atoms with Crippen LogP contribution in [0.25, 0.3) is 0 Å². The summed E-state index contributed by atoms with van der Waals surface area (Å²) >= 11 is 0. The van der Waals surface area contributed by atoms with Crippen molar-refractivity contribution in [2.24, 2.45) is 0 Å². The number of nitrogens with one attached hydrogen (secondary N) is 2. The van der Waals surface area contributed by atoms with Crippen LogP contribution in [-0.2, 0) is 0 Å². The lowest BCUT2D eigenvalue weighted by Gasteiger charge is -2.18. The SMILES string of the molecule is O=C(NNC(=O)c1ccc2c(c1)OCCO2)c1ccc(F)cc1. The first-order valence-corrected chi connectivity index (χ1v) is 6.89. The first-order valence-electron chi connectivity index (χ1n) is 6.89. The van der Waals surface area contributed by atoms with E-state index in [2.05, 4.69) is 10.9 Å². The van der Waals surface area contributed by atoms with Crippen LogP contribution in [0.1, 0.15) is 20.7 Å². The van der Waals surface area contributed by atoms with Crippen LogP contribution < -0.4 is 20.3 Å². The second-order valence-electron chi connectivity index (χ2n) is 4.77. The Kier molecular flexibility index (Phi) is 4.09. The third kappa shape index (κ3) is 3.39. The van der Waals surface area contributed by atoms with Gasteiger partial charge < -0.3 is 9.47 Å². The van der Waals surface area contributed by atoms with E-state index in [0.717, 1.165) is 12.1 Å². The highest BCUT2D eigenvalue weighted by Crippen LogP contribution is 2.30. The van der Waals surface area contributed by atoms with Gasteiger partial charge >= 0.3 is 0 Å². The van der Waals surface area contributed by atoms with Gasteiger partial charge in [0.2, 0.25) is 0 Å². The lowest BCUT2D eigenvalue weighted by Crippen LogP contribution is -2.41. The average molecular weight is 316 g/mol. The predicted molar refractivity (Wildman–Crippen MR) is 78.8 cm³/mol. The van der Waals surface area contributed by atoms with Crippen LogP contribution in [0.3, 0.4) is 0 Å². The molecule has 0 aromatic heterocycles. The Bertz CT molecular complexity index is 746. The Hall–Kier alpha value is -3.09. The summed E-state index contributed by atoms with van der Waals surface area (Å²) in [5.74, 6) is -0.438. The van der Waals surface area contributed by atoms with E-state index >= 15 is 0 Å². The van der Waals surface area contributed by atoms with Gasteiger partial charge in [0.25, 0.3) is 11.8 Å². The summed E-state index contributed by atoms with van der Waals surface area (Å²) in [6.45, 7) is 0.881. The minimum atomic E-state index is -0.545. The summed E-state index contributed by atoms with van der Waals surface area (Å²) in [4.78, 5) is 23.9. The van der Waals surface area contributed by atoms with Crippen molar-refractivity contribution in [2.75, 3.05) is 13.2 Å². The van der Waals surface area contributed by atoms with Crippen molar-refractivity contribution in [3.05, 3.63) is 59.4 Å². The number of halogens is 1. The van der Waals surface area contributed by atoms with Gasteiger partial charge in [-0.2, -0.15) is 0 Å². The number of benzene rings is 2. The van der Waals surface area contributed by atoms with E-state index < -0.39 is 17.6 Å². The van der Waals surface area contributed by atoms with Crippen LogP contribution in [0.15, 0.2) is 42.5 Å². The maximum Gasteiger partial charge on any atom is 0.269 e. The highest BCUT2D eigenvalue weighted by atomic mass is 19.1. The van der Waals surface area contributed by atoms with E-state index in [9.17, 15) is 14.0 Å². The van der Waals surface area contributed by atoms with Crippen LogP contribution in [0.5, 0.6) is 11.5 Å². The second-order valence-corrected chi connectivity index (χ2v) is 4.77. The van der Waals surface area contributed by atoms with Crippen LogP contribution in [0.2, 0.25) is 0 Å². The number of carbonyl (C=O) groups excluding carboxylic acids is 2. The Morgan fingerprint density at radius 1 is 0.826 bits per heavy atom. The molecule has 2 aromatic carbocycles. The summed E-state index contributed by atoms with van der Waals surface area (Å²) in [5.41, 5.74) is 5.10. The summed E-state index contributed by atoms with van der Waals surface area (Å²) in [5, 5.41) is 0. The third-order valence-corrected chi connectivity index (χ3v) is 3.20. The topological polar surface area (TPSA) is 76.7 Å². The number of fused-ring (bicyclic) bond motifs is 1. The van der Waals surface area contributed by atoms with E-state index in [0.29, 0.717) is 30.3 Å². The fourth-order valence-corrected chi connectivity index (χ4v) is 2.04. The fourth-order valence-electron chi connectivity index (χ4n) is 2.04. The molecule has 0 radical (unpaired) electrons. The Labute approximate surface area is 131 Å². The van der Waals surface area contributed by atoms with E-state index in [-0.39, 0.29) is 5.56 Å². The van der Waals surface area contributed by atoms with Gasteiger partial charge in [0.15, 0.2) is 11.5 Å². The van der Waals surface area contributed by atoms with E-state index in [1.165, 1.54) is 18.2 Å². The van der Waals surface area contributed by atoms with Gasteiger partial charge in [-0.05, 0) is 42.5 Å². The van der Waals surface area contributed by atoms with Gasteiger partial charge in [0.1, 0.15) is 19.0 Å². The molecule has 3 rings (SSSR count). The summed E-state index contributed by atoms with van der Waals surface area (Å²) in [6.07, 6.45) is 0. The molecule has 0 unspecified atom stereocenters. The first-order chi connectivity index (χ1) is 11.1. The molecule has 2 amide bonds. The monoisotopic (exact) mass is 316 g/mol. The van der Waals surface area contributed by atoms with Gasteiger partial charge in [-0.1, -0.05) is 0 Å². The summed E-state index contributed by atoms with van der Waals surface area (Å²) in [7, 11) is 0. The van der Waals surface area contributed by atoms with E-state index in [1.807, 2.05) is 0 Å². The molecular formula is C16H13FN2O4. The molecule has 7 heteroatoms. The molecule has 118 valence electrons. The van der Waals surface area contributed by atoms with E-state index in [1.54, 1.807) is 12.1 Å². The number of carbonyl (C=O) groups is 2. The number of ether oxygens (including phenoxy) is 2. The molecule has 0 saturated heterocycles. The molecule has 0 atom stereocenters. The lowest BCUT2D eigenvalue weighted by molar-refractivity contribution is 0.0846. The molecule has 1 heterocycles. The zero-order chi connectivity index (χ0) is 16.2. The van der Waals surface area contributed by atoms with Crippen LogP contribution in [-0.4, -0.2) is 25.0 Å². The Morgan fingerprint density at radius 2 is 1.39 bits per heavy atom. The highest BCUT2D eigenvalue weighted by molar-refractivity contribution is 5.99. The quantitative estimate of drug-likeness (QED) is 0.826.